The number of aromatic amines is 1. The van der Waals surface area contributed by atoms with Crippen LogP contribution in [-0.2, 0) is 32.1 Å². The van der Waals surface area contributed by atoms with E-state index in [4.69, 9.17) is 4.98 Å². The number of Topliss-reactive ketones (excluding diaryl/α,β-unsaturated/α-hetero) is 1. The zero-order valence-electron chi connectivity index (χ0n) is 36.2. The summed E-state index contributed by atoms with van der Waals surface area (Å²) in [4.78, 5) is 66.3. The average molecular weight is 850 g/mol. The minimum absolute atomic E-state index is 0.0191. The molecular weight excluding hydrogens is 791 g/mol. The van der Waals surface area contributed by atoms with Crippen LogP contribution < -0.4 is 10.6 Å². The van der Waals surface area contributed by atoms with Gasteiger partial charge in [0, 0.05) is 60.7 Å². The van der Waals surface area contributed by atoms with Crippen LogP contribution in [0.25, 0.3) is 33.5 Å². The van der Waals surface area contributed by atoms with Crippen molar-refractivity contribution >= 4 is 45.4 Å². The number of hydrogen-bond donors (Lipinski definition) is 3. The summed E-state index contributed by atoms with van der Waals surface area (Å²) < 4.78 is 62.6. The third-order valence-corrected chi connectivity index (χ3v) is 13.3. The maximum absolute atomic E-state index is 15.6. The van der Waals surface area contributed by atoms with Gasteiger partial charge in [0.05, 0.1) is 41.9 Å². The number of likely N-dealkylation sites (tertiary alicyclic amines) is 2. The molecule has 2 aliphatic heterocycles. The predicted octanol–water partition coefficient (Wildman–Crippen LogP) is 7.05. The summed E-state index contributed by atoms with van der Waals surface area (Å²) in [5, 5.41) is 6.52. The van der Waals surface area contributed by atoms with E-state index in [1.165, 1.54) is 29.2 Å². The summed E-state index contributed by atoms with van der Waals surface area (Å²) in [7, 11) is 1.68. The first-order valence-electron chi connectivity index (χ1n) is 21.7. The maximum Gasteiger partial charge on any atom is 0.245 e. The number of aromatic nitrogens is 3. The third-order valence-electron chi connectivity index (χ3n) is 13.3. The molecule has 4 heterocycles. The number of hydrogen-bond acceptors (Lipinski definition) is 6. The van der Waals surface area contributed by atoms with E-state index in [0.717, 1.165) is 12.8 Å². The average Bonchev–Trinajstić information content (AvgIpc) is 3.57. The quantitative estimate of drug-likeness (QED) is 0.110. The zero-order valence-corrected chi connectivity index (χ0v) is 36.2. The van der Waals surface area contributed by atoms with E-state index in [9.17, 15) is 28.0 Å². The Bertz CT molecular complexity index is 2300. The number of carbonyl (C=O) groups excluding carboxylic acids is 4. The number of halogens is 4. The van der Waals surface area contributed by atoms with E-state index in [1.807, 2.05) is 32.3 Å². The molecule has 0 spiro atoms. The molecular formula is C46H59F4N7O4. The van der Waals surface area contributed by atoms with Gasteiger partial charge in [-0.05, 0) is 86.9 Å². The molecule has 2 aromatic carbocycles. The number of carbonyl (C=O) groups is 4. The lowest BCUT2D eigenvalue weighted by Gasteiger charge is -2.35. The molecule has 3 fully saturated rings. The molecule has 3 N–H and O–H groups in total. The van der Waals surface area contributed by atoms with Crippen LogP contribution in [0.1, 0.15) is 85.6 Å². The Labute approximate surface area is 354 Å². The lowest BCUT2D eigenvalue weighted by Crippen LogP contribution is -2.52. The van der Waals surface area contributed by atoms with Gasteiger partial charge in [-0.1, -0.05) is 34.6 Å². The van der Waals surface area contributed by atoms with Gasteiger partial charge >= 0.3 is 0 Å². The Morgan fingerprint density at radius 2 is 1.56 bits per heavy atom. The van der Waals surface area contributed by atoms with Crippen molar-refractivity contribution in [1.29, 1.82) is 0 Å². The second kappa shape index (κ2) is 17.5. The predicted molar refractivity (Wildman–Crippen MR) is 226 cm³/mol. The minimum Gasteiger partial charge on any atom is -0.352 e. The van der Waals surface area contributed by atoms with Gasteiger partial charge in [0.15, 0.2) is 5.82 Å². The molecule has 11 nitrogen and oxygen atoms in total. The fourth-order valence-corrected chi connectivity index (χ4v) is 9.15. The highest BCUT2D eigenvalue weighted by molar-refractivity contribution is 5.93. The van der Waals surface area contributed by atoms with Gasteiger partial charge in [0.2, 0.25) is 17.7 Å². The van der Waals surface area contributed by atoms with Crippen LogP contribution in [0.5, 0.6) is 0 Å². The van der Waals surface area contributed by atoms with Crippen LogP contribution in [0.15, 0.2) is 36.4 Å². The number of likely N-dealkylation sites (N-methyl/N-ethyl adjacent to an activating group) is 1. The standard InChI is InChI=1S/C46H59F4N7O4/c1-8-24(2)43(59)54-40(26-9-10-26)45(61)56-22-30(50)16-32(56)23-57-38-14-12-28(48)18-37(38)53-42(57)41-34(33-13-11-27(47)17-36(33)52-41)19-31-15-29(49)21-55(31)44(60)35(46(4,5)6)20-39(58)25(3)51-7/h11-14,17-18,24-26,29-32,35,40,51-52H,8-10,15-16,19-23H2,1-7H3,(H,54,59). The fourth-order valence-electron chi connectivity index (χ4n) is 9.15. The van der Waals surface area contributed by atoms with Crippen molar-refractivity contribution in [1.82, 2.24) is 35.0 Å². The molecule has 2 saturated heterocycles. The highest BCUT2D eigenvalue weighted by Crippen LogP contribution is 2.40. The zero-order chi connectivity index (χ0) is 44.1. The van der Waals surface area contributed by atoms with Gasteiger partial charge in [0.1, 0.15) is 35.8 Å². The molecule has 1 aliphatic carbocycles. The molecule has 2 aromatic heterocycles. The lowest BCUT2D eigenvalue weighted by atomic mass is 9.76. The third kappa shape index (κ3) is 9.22. The number of amides is 3. The lowest BCUT2D eigenvalue weighted by molar-refractivity contribution is -0.143. The number of fused-ring (bicyclic) bond motifs is 2. The number of H-pyrrole nitrogens is 1. The van der Waals surface area contributed by atoms with Crippen molar-refractivity contribution in [2.45, 2.75) is 130 Å². The summed E-state index contributed by atoms with van der Waals surface area (Å²) in [5.74, 6) is -2.78. The van der Waals surface area contributed by atoms with Crippen molar-refractivity contribution in [2.75, 3.05) is 20.1 Å². The monoisotopic (exact) mass is 849 g/mol. The summed E-state index contributed by atoms with van der Waals surface area (Å²) in [5.41, 5.74) is 1.68. The Morgan fingerprint density at radius 1 is 0.918 bits per heavy atom. The van der Waals surface area contributed by atoms with E-state index < -0.39 is 59.5 Å². The topological polar surface area (TPSA) is 132 Å². The highest BCUT2D eigenvalue weighted by Gasteiger charge is 2.46. The molecule has 4 aromatic rings. The molecule has 7 rings (SSSR count). The first kappa shape index (κ1) is 44.3. The van der Waals surface area contributed by atoms with Crippen LogP contribution in [0.3, 0.4) is 0 Å². The number of ketones is 1. The first-order valence-corrected chi connectivity index (χ1v) is 21.7. The molecule has 8 unspecified atom stereocenters. The van der Waals surface area contributed by atoms with Crippen LogP contribution >= 0.6 is 0 Å². The van der Waals surface area contributed by atoms with Crippen molar-refractivity contribution in [3.63, 3.8) is 0 Å². The molecule has 0 radical (unpaired) electrons. The number of nitrogens with one attached hydrogen (secondary N) is 3. The van der Waals surface area contributed by atoms with Gasteiger partial charge in [-0.3, -0.25) is 19.2 Å². The van der Waals surface area contributed by atoms with Gasteiger partial charge < -0.3 is 30.0 Å². The van der Waals surface area contributed by atoms with Gasteiger partial charge in [0.25, 0.3) is 0 Å². The second-order valence-corrected chi connectivity index (χ2v) is 18.7. The molecule has 0 bridgehead atoms. The second-order valence-electron chi connectivity index (χ2n) is 18.7. The number of nitrogens with zero attached hydrogens (tertiary/aromatic N) is 4. The van der Waals surface area contributed by atoms with E-state index in [-0.39, 0.29) is 80.7 Å². The molecule has 3 amide bonds. The number of benzene rings is 2. The van der Waals surface area contributed by atoms with Crippen molar-refractivity contribution < 1.29 is 36.7 Å². The van der Waals surface area contributed by atoms with Crippen LogP contribution in [-0.4, -0.2) is 104 Å². The smallest absolute Gasteiger partial charge is 0.245 e. The van der Waals surface area contributed by atoms with Crippen molar-refractivity contribution in [2.24, 2.45) is 23.2 Å². The van der Waals surface area contributed by atoms with Gasteiger partial charge in [-0.15, -0.1) is 0 Å². The van der Waals surface area contributed by atoms with Crippen molar-refractivity contribution in [3.8, 4) is 11.5 Å². The molecule has 3 aliphatic rings. The summed E-state index contributed by atoms with van der Waals surface area (Å²) >= 11 is 0. The maximum atomic E-state index is 15.6. The van der Waals surface area contributed by atoms with Crippen LogP contribution in [0.4, 0.5) is 17.6 Å². The van der Waals surface area contributed by atoms with Gasteiger partial charge in [-0.25, -0.2) is 22.5 Å². The molecule has 15 heteroatoms. The van der Waals surface area contributed by atoms with E-state index in [2.05, 4.69) is 15.6 Å². The molecule has 8 atom stereocenters. The Kier molecular flexibility index (Phi) is 12.7. The number of imidazole rings is 1. The summed E-state index contributed by atoms with van der Waals surface area (Å²) in [6.45, 7) is 10.9. The molecule has 330 valence electrons. The van der Waals surface area contributed by atoms with Crippen LogP contribution in [0, 0.1) is 34.8 Å². The van der Waals surface area contributed by atoms with E-state index in [1.54, 1.807) is 37.9 Å². The Hall–Kier alpha value is -4.79. The van der Waals surface area contributed by atoms with E-state index >= 15 is 8.78 Å². The molecule has 61 heavy (non-hydrogen) atoms. The summed E-state index contributed by atoms with van der Waals surface area (Å²) in [6.07, 6.45) is -0.315. The number of rotatable bonds is 15. The van der Waals surface area contributed by atoms with Crippen molar-refractivity contribution in [3.05, 3.63) is 53.6 Å². The molecule has 1 saturated carbocycles. The van der Waals surface area contributed by atoms with Crippen LogP contribution in [0.2, 0.25) is 0 Å². The minimum atomic E-state index is -1.32. The number of alkyl halides is 2. The SMILES string of the molecule is CCC(C)C(=O)NC(C(=O)N1CC(F)CC1Cn1c(-c2[nH]c3cc(F)ccc3c2CC2CC(F)CN2C(=O)C(CC(=O)C(C)NC)C(C)(C)C)nc2cc(F)ccc21)C1CC1. The first-order chi connectivity index (χ1) is 28.9. The van der Waals surface area contributed by atoms with E-state index in [0.29, 0.717) is 45.4 Å². The Morgan fingerprint density at radius 3 is 2.20 bits per heavy atom. The largest absolute Gasteiger partial charge is 0.352 e. The normalized spacial score (nSPS) is 22.8. The summed E-state index contributed by atoms with van der Waals surface area (Å²) in [6, 6.07) is 5.89. The van der Waals surface area contributed by atoms with Gasteiger partial charge in [-0.2, -0.15) is 0 Å². The fraction of sp³-hybridized carbons (Fsp3) is 0.587. The highest BCUT2D eigenvalue weighted by atomic mass is 19.1. The Balaban J connectivity index is 1.28.